The van der Waals surface area contributed by atoms with Crippen LogP contribution in [0.2, 0.25) is 0 Å². The highest BCUT2D eigenvalue weighted by Gasteiger charge is 2.08. The van der Waals surface area contributed by atoms with Gasteiger partial charge in [-0.3, -0.25) is 4.79 Å². The summed E-state index contributed by atoms with van der Waals surface area (Å²) in [7, 11) is 1.57. The maximum Gasteiger partial charge on any atom is 0.331 e. The third kappa shape index (κ3) is 5.38. The summed E-state index contributed by atoms with van der Waals surface area (Å²) in [6.45, 7) is -0.289. The lowest BCUT2D eigenvalue weighted by Crippen LogP contribution is -2.12. The number of benzene rings is 2. The van der Waals surface area contributed by atoms with Crippen molar-refractivity contribution in [3.05, 3.63) is 70.2 Å². The highest BCUT2D eigenvalue weighted by molar-refractivity contribution is 9.10. The van der Waals surface area contributed by atoms with E-state index in [1.54, 1.807) is 43.5 Å². The maximum absolute atomic E-state index is 11.9. The van der Waals surface area contributed by atoms with Gasteiger partial charge in [0.15, 0.2) is 12.4 Å². The van der Waals surface area contributed by atoms with Gasteiger partial charge in [-0.25, -0.2) is 4.79 Å². The number of hydrogen-bond donors (Lipinski definition) is 0. The van der Waals surface area contributed by atoms with Crippen LogP contribution >= 0.6 is 15.9 Å². The van der Waals surface area contributed by atoms with Crippen LogP contribution in [0, 0.1) is 0 Å². The van der Waals surface area contributed by atoms with Gasteiger partial charge >= 0.3 is 5.97 Å². The molecule has 0 aliphatic heterocycles. The van der Waals surface area contributed by atoms with Crippen molar-refractivity contribution in [1.29, 1.82) is 0 Å². The summed E-state index contributed by atoms with van der Waals surface area (Å²) in [4.78, 5) is 23.5. The highest BCUT2D eigenvalue weighted by Crippen LogP contribution is 2.14. The molecule has 0 spiro atoms. The van der Waals surface area contributed by atoms with Crippen molar-refractivity contribution in [2.45, 2.75) is 0 Å². The van der Waals surface area contributed by atoms with Crippen LogP contribution in [0.3, 0.4) is 0 Å². The second-order valence-electron chi connectivity index (χ2n) is 4.65. The fraction of sp³-hybridized carbons (Fsp3) is 0.111. The van der Waals surface area contributed by atoms with E-state index in [0.717, 1.165) is 10.0 Å². The number of carbonyl (C=O) groups is 2. The lowest BCUT2D eigenvalue weighted by Gasteiger charge is -2.02. The van der Waals surface area contributed by atoms with Gasteiger partial charge in [-0.2, -0.15) is 0 Å². The Morgan fingerprint density at radius 2 is 1.87 bits per heavy atom. The quantitative estimate of drug-likeness (QED) is 0.437. The minimum absolute atomic E-state index is 0.249. The Balaban J connectivity index is 1.88. The molecular formula is C18H15BrO4. The predicted molar refractivity (Wildman–Crippen MR) is 91.5 cm³/mol. The molecule has 0 atom stereocenters. The first-order valence-electron chi connectivity index (χ1n) is 6.86. The Kier molecular flexibility index (Phi) is 6.11. The van der Waals surface area contributed by atoms with Crippen LogP contribution in [0.4, 0.5) is 0 Å². The molecule has 118 valence electrons. The average molecular weight is 375 g/mol. The minimum Gasteiger partial charge on any atom is -0.497 e. The fourth-order valence-electron chi connectivity index (χ4n) is 1.81. The van der Waals surface area contributed by atoms with Crippen LogP contribution in [0.1, 0.15) is 15.9 Å². The molecule has 0 bridgehead atoms. The van der Waals surface area contributed by atoms with E-state index in [-0.39, 0.29) is 12.4 Å². The van der Waals surface area contributed by atoms with Crippen molar-refractivity contribution in [2.75, 3.05) is 13.7 Å². The summed E-state index contributed by atoms with van der Waals surface area (Å²) in [5.74, 6) is -0.121. The molecule has 0 unspecified atom stereocenters. The standard InChI is InChI=1S/C18H15BrO4/c1-22-16-4-2-3-13(11-16)5-10-18(21)23-12-17(20)14-6-8-15(19)9-7-14/h2-11H,12H2,1H3/b10-5+. The third-order valence-corrected chi connectivity index (χ3v) is 3.55. The molecule has 2 rings (SSSR count). The van der Waals surface area contributed by atoms with E-state index in [4.69, 9.17) is 9.47 Å². The number of methoxy groups -OCH3 is 1. The molecule has 23 heavy (non-hydrogen) atoms. The van der Waals surface area contributed by atoms with Crippen molar-refractivity contribution in [3.8, 4) is 5.75 Å². The molecular weight excluding hydrogens is 360 g/mol. The summed E-state index contributed by atoms with van der Waals surface area (Å²) < 4.78 is 10.9. The van der Waals surface area contributed by atoms with E-state index in [9.17, 15) is 9.59 Å². The Labute approximate surface area is 142 Å². The van der Waals surface area contributed by atoms with Gasteiger partial charge in [-0.05, 0) is 35.9 Å². The van der Waals surface area contributed by atoms with Crippen LogP contribution in [-0.4, -0.2) is 25.5 Å². The average Bonchev–Trinajstić information content (AvgIpc) is 2.58. The Hall–Kier alpha value is -2.40. The van der Waals surface area contributed by atoms with Crippen molar-refractivity contribution in [2.24, 2.45) is 0 Å². The van der Waals surface area contributed by atoms with Crippen molar-refractivity contribution >= 4 is 33.8 Å². The van der Waals surface area contributed by atoms with Crippen LogP contribution in [0.5, 0.6) is 5.75 Å². The molecule has 0 aliphatic rings. The van der Waals surface area contributed by atoms with Gasteiger partial charge in [0.1, 0.15) is 5.75 Å². The molecule has 0 saturated heterocycles. The van der Waals surface area contributed by atoms with Gasteiger partial charge in [0.2, 0.25) is 0 Å². The first-order chi connectivity index (χ1) is 11.1. The SMILES string of the molecule is COc1cccc(/C=C/C(=O)OCC(=O)c2ccc(Br)cc2)c1. The molecule has 0 amide bonds. The summed E-state index contributed by atoms with van der Waals surface area (Å²) >= 11 is 3.29. The number of hydrogen-bond acceptors (Lipinski definition) is 4. The molecule has 0 fully saturated rings. The normalized spacial score (nSPS) is 10.5. The zero-order valence-electron chi connectivity index (χ0n) is 12.5. The fourth-order valence-corrected chi connectivity index (χ4v) is 2.08. The van der Waals surface area contributed by atoms with Crippen LogP contribution < -0.4 is 4.74 Å². The monoisotopic (exact) mass is 374 g/mol. The molecule has 2 aromatic rings. The largest absolute Gasteiger partial charge is 0.497 e. The molecule has 0 saturated carbocycles. The minimum atomic E-state index is -0.571. The molecule has 4 nitrogen and oxygen atoms in total. The zero-order valence-corrected chi connectivity index (χ0v) is 14.1. The number of Topliss-reactive ketones (excluding diaryl/α,β-unsaturated/α-hetero) is 1. The van der Waals surface area contributed by atoms with Crippen molar-refractivity contribution < 1.29 is 19.1 Å². The van der Waals surface area contributed by atoms with E-state index in [0.29, 0.717) is 11.3 Å². The number of rotatable bonds is 6. The summed E-state index contributed by atoms with van der Waals surface area (Å²) in [6, 6.07) is 14.1. The van der Waals surface area contributed by atoms with Gasteiger partial charge in [0.25, 0.3) is 0 Å². The van der Waals surface area contributed by atoms with E-state index >= 15 is 0 Å². The number of carbonyl (C=O) groups excluding carboxylic acids is 2. The summed E-state index contributed by atoms with van der Waals surface area (Å²) in [5.41, 5.74) is 1.30. The Bertz CT molecular complexity index is 720. The van der Waals surface area contributed by atoms with Crippen molar-refractivity contribution in [3.63, 3.8) is 0 Å². The Morgan fingerprint density at radius 3 is 2.57 bits per heavy atom. The third-order valence-electron chi connectivity index (χ3n) is 3.02. The van der Waals surface area contributed by atoms with E-state index < -0.39 is 5.97 Å². The predicted octanol–water partition coefficient (Wildman–Crippen LogP) is 3.90. The first kappa shape index (κ1) is 17.0. The number of esters is 1. The molecule has 0 N–H and O–H groups in total. The van der Waals surface area contributed by atoms with Crippen LogP contribution in [0.15, 0.2) is 59.1 Å². The highest BCUT2D eigenvalue weighted by atomic mass is 79.9. The zero-order chi connectivity index (χ0) is 16.7. The van der Waals surface area contributed by atoms with Crippen LogP contribution in [-0.2, 0) is 9.53 Å². The van der Waals surface area contributed by atoms with E-state index in [2.05, 4.69) is 15.9 Å². The Morgan fingerprint density at radius 1 is 1.13 bits per heavy atom. The summed E-state index contributed by atoms with van der Waals surface area (Å²) in [6.07, 6.45) is 2.89. The second-order valence-corrected chi connectivity index (χ2v) is 5.56. The number of ketones is 1. The van der Waals surface area contributed by atoms with Crippen molar-refractivity contribution in [1.82, 2.24) is 0 Å². The molecule has 2 aromatic carbocycles. The summed E-state index contributed by atoms with van der Waals surface area (Å²) in [5, 5.41) is 0. The first-order valence-corrected chi connectivity index (χ1v) is 7.65. The lowest BCUT2D eigenvalue weighted by molar-refractivity contribution is -0.136. The molecule has 0 radical (unpaired) electrons. The lowest BCUT2D eigenvalue weighted by atomic mass is 10.1. The molecule has 0 aromatic heterocycles. The second kappa shape index (κ2) is 8.29. The van der Waals surface area contributed by atoms with Gasteiger partial charge in [-0.15, -0.1) is 0 Å². The molecule has 5 heteroatoms. The molecule has 0 aliphatic carbocycles. The molecule has 0 heterocycles. The van der Waals surface area contributed by atoms with Gasteiger partial charge in [0.05, 0.1) is 7.11 Å². The van der Waals surface area contributed by atoms with Gasteiger partial charge in [0, 0.05) is 16.1 Å². The topological polar surface area (TPSA) is 52.6 Å². The van der Waals surface area contributed by atoms with E-state index in [1.807, 2.05) is 18.2 Å². The number of ether oxygens (including phenoxy) is 2. The maximum atomic E-state index is 11.9. The number of halogens is 1. The van der Waals surface area contributed by atoms with Crippen LogP contribution in [0.25, 0.3) is 6.08 Å². The van der Waals surface area contributed by atoms with Gasteiger partial charge in [-0.1, -0.05) is 40.2 Å². The van der Waals surface area contributed by atoms with E-state index in [1.165, 1.54) is 6.08 Å². The van der Waals surface area contributed by atoms with Gasteiger partial charge < -0.3 is 9.47 Å². The smallest absolute Gasteiger partial charge is 0.331 e.